The van der Waals surface area contributed by atoms with Crippen LogP contribution in [-0.4, -0.2) is 23.8 Å². The van der Waals surface area contributed by atoms with E-state index in [1.54, 1.807) is 0 Å². The summed E-state index contributed by atoms with van der Waals surface area (Å²) in [7, 11) is 1.99. The van der Waals surface area contributed by atoms with Crippen LogP contribution in [0.2, 0.25) is 0 Å². The van der Waals surface area contributed by atoms with Gasteiger partial charge in [0.1, 0.15) is 10.0 Å². The molecule has 4 heteroatoms. The van der Waals surface area contributed by atoms with Crippen LogP contribution in [0.5, 0.6) is 0 Å². The third kappa shape index (κ3) is 4.36. The van der Waals surface area contributed by atoms with E-state index in [2.05, 4.69) is 15.5 Å². The molecule has 1 N–H and O–H groups in total. The second-order valence-electron chi connectivity index (χ2n) is 4.99. The number of nitrogens with zero attached hydrogens (tertiary/aromatic N) is 2. The van der Waals surface area contributed by atoms with Gasteiger partial charge >= 0.3 is 0 Å². The molecule has 0 spiro atoms. The maximum atomic E-state index is 4.30. The molecule has 96 valence electrons. The Labute approximate surface area is 108 Å². The molecule has 0 atom stereocenters. The van der Waals surface area contributed by atoms with E-state index in [4.69, 9.17) is 0 Å². The van der Waals surface area contributed by atoms with E-state index in [0.717, 1.165) is 31.7 Å². The summed E-state index contributed by atoms with van der Waals surface area (Å²) < 4.78 is 0. The van der Waals surface area contributed by atoms with Crippen LogP contribution in [-0.2, 0) is 12.8 Å². The molecule has 0 aromatic carbocycles. The van der Waals surface area contributed by atoms with E-state index in [0.29, 0.717) is 0 Å². The molecule has 0 amide bonds. The Kier molecular flexibility index (Phi) is 5.39. The number of nitrogens with one attached hydrogen (secondary N) is 1. The fourth-order valence-corrected chi connectivity index (χ4v) is 3.44. The SMILES string of the molecule is CNCCCc1nnc(CCC2CCCC2)s1. The lowest BCUT2D eigenvalue weighted by atomic mass is 10.0. The van der Waals surface area contributed by atoms with Gasteiger partial charge in [0.2, 0.25) is 0 Å². The van der Waals surface area contributed by atoms with Crippen molar-refractivity contribution in [1.29, 1.82) is 0 Å². The minimum absolute atomic E-state index is 0.964. The Morgan fingerprint density at radius 2 is 1.88 bits per heavy atom. The van der Waals surface area contributed by atoms with Crippen LogP contribution >= 0.6 is 11.3 Å². The van der Waals surface area contributed by atoms with Crippen molar-refractivity contribution in [2.45, 2.75) is 51.4 Å². The minimum Gasteiger partial charge on any atom is -0.320 e. The number of aromatic nitrogens is 2. The van der Waals surface area contributed by atoms with Crippen LogP contribution < -0.4 is 5.32 Å². The van der Waals surface area contributed by atoms with Crippen LogP contribution in [0.15, 0.2) is 0 Å². The maximum Gasteiger partial charge on any atom is 0.117 e. The van der Waals surface area contributed by atoms with E-state index < -0.39 is 0 Å². The third-order valence-corrected chi connectivity index (χ3v) is 4.61. The number of rotatable bonds is 7. The molecule has 0 aliphatic heterocycles. The Hall–Kier alpha value is -0.480. The lowest BCUT2D eigenvalue weighted by Crippen LogP contribution is -2.08. The standard InChI is InChI=1S/C13H23N3S/c1-14-10-4-7-12-15-16-13(17-12)9-8-11-5-2-3-6-11/h11,14H,2-10H2,1H3. The molecule has 3 nitrogen and oxygen atoms in total. The molecule has 1 aliphatic carbocycles. The first-order valence-electron chi connectivity index (χ1n) is 6.84. The van der Waals surface area contributed by atoms with Gasteiger partial charge in [0.15, 0.2) is 0 Å². The summed E-state index contributed by atoms with van der Waals surface area (Å²) in [5, 5.41) is 14.2. The van der Waals surface area contributed by atoms with Gasteiger partial charge in [-0.2, -0.15) is 0 Å². The van der Waals surface area contributed by atoms with Crippen LogP contribution in [0.4, 0.5) is 0 Å². The predicted octanol–water partition coefficient (Wildman–Crippen LogP) is 2.81. The molecule has 0 radical (unpaired) electrons. The van der Waals surface area contributed by atoms with Crippen LogP contribution in [0.1, 0.15) is 48.5 Å². The van der Waals surface area contributed by atoms with Gasteiger partial charge in [-0.25, -0.2) is 0 Å². The minimum atomic E-state index is 0.964. The number of aryl methyl sites for hydroxylation is 2. The van der Waals surface area contributed by atoms with Gasteiger partial charge in [-0.3, -0.25) is 0 Å². The molecule has 1 aromatic rings. The van der Waals surface area contributed by atoms with Gasteiger partial charge in [-0.05, 0) is 32.4 Å². The Balaban J connectivity index is 1.69. The fraction of sp³-hybridized carbons (Fsp3) is 0.846. The quantitative estimate of drug-likeness (QED) is 0.759. The van der Waals surface area contributed by atoms with E-state index in [1.165, 1.54) is 42.1 Å². The van der Waals surface area contributed by atoms with Crippen molar-refractivity contribution in [3.63, 3.8) is 0 Å². The zero-order chi connectivity index (χ0) is 11.9. The Bertz CT molecular complexity index is 318. The zero-order valence-electron chi connectivity index (χ0n) is 10.7. The van der Waals surface area contributed by atoms with Crippen LogP contribution in [0.3, 0.4) is 0 Å². The zero-order valence-corrected chi connectivity index (χ0v) is 11.6. The van der Waals surface area contributed by atoms with Gasteiger partial charge in [0, 0.05) is 12.8 Å². The molecule has 1 aliphatic rings. The van der Waals surface area contributed by atoms with E-state index in [9.17, 15) is 0 Å². The lowest BCUT2D eigenvalue weighted by Gasteiger charge is -2.05. The van der Waals surface area contributed by atoms with Gasteiger partial charge in [-0.1, -0.05) is 25.7 Å². The van der Waals surface area contributed by atoms with Crippen molar-refractivity contribution < 1.29 is 0 Å². The Morgan fingerprint density at radius 3 is 2.59 bits per heavy atom. The lowest BCUT2D eigenvalue weighted by molar-refractivity contribution is 0.502. The number of hydrogen-bond donors (Lipinski definition) is 1. The summed E-state index contributed by atoms with van der Waals surface area (Å²) in [5.41, 5.74) is 0. The summed E-state index contributed by atoms with van der Waals surface area (Å²) in [5.74, 6) is 0.964. The van der Waals surface area contributed by atoms with Crippen LogP contribution in [0.25, 0.3) is 0 Å². The summed E-state index contributed by atoms with van der Waals surface area (Å²) in [6.45, 7) is 1.07. The van der Waals surface area contributed by atoms with Crippen molar-refractivity contribution >= 4 is 11.3 Å². The molecular formula is C13H23N3S. The van der Waals surface area contributed by atoms with Gasteiger partial charge in [-0.15, -0.1) is 21.5 Å². The molecule has 0 saturated heterocycles. The molecule has 0 bridgehead atoms. The normalized spacial score (nSPS) is 16.8. The van der Waals surface area contributed by atoms with Crippen molar-refractivity contribution in [2.75, 3.05) is 13.6 Å². The highest BCUT2D eigenvalue weighted by Gasteiger charge is 2.15. The van der Waals surface area contributed by atoms with E-state index in [-0.39, 0.29) is 0 Å². The van der Waals surface area contributed by atoms with Crippen molar-refractivity contribution in [3.8, 4) is 0 Å². The Morgan fingerprint density at radius 1 is 1.18 bits per heavy atom. The van der Waals surface area contributed by atoms with Crippen molar-refractivity contribution in [2.24, 2.45) is 5.92 Å². The smallest absolute Gasteiger partial charge is 0.117 e. The maximum absolute atomic E-state index is 4.30. The third-order valence-electron chi connectivity index (χ3n) is 3.57. The molecule has 1 fully saturated rings. The van der Waals surface area contributed by atoms with Crippen molar-refractivity contribution in [1.82, 2.24) is 15.5 Å². The molecule has 1 aromatic heterocycles. The molecular weight excluding hydrogens is 230 g/mol. The average Bonchev–Trinajstić information content (AvgIpc) is 2.98. The molecule has 1 saturated carbocycles. The topological polar surface area (TPSA) is 37.8 Å². The number of hydrogen-bond acceptors (Lipinski definition) is 4. The summed E-state index contributed by atoms with van der Waals surface area (Å²) >= 11 is 1.82. The average molecular weight is 253 g/mol. The van der Waals surface area contributed by atoms with Crippen molar-refractivity contribution in [3.05, 3.63) is 10.0 Å². The molecule has 1 heterocycles. The molecule has 17 heavy (non-hydrogen) atoms. The monoisotopic (exact) mass is 253 g/mol. The first-order chi connectivity index (χ1) is 8.38. The van der Waals surface area contributed by atoms with E-state index in [1.807, 2.05) is 18.4 Å². The molecule has 2 rings (SSSR count). The van der Waals surface area contributed by atoms with Gasteiger partial charge in [0.05, 0.1) is 0 Å². The highest BCUT2D eigenvalue weighted by Crippen LogP contribution is 2.29. The van der Waals surface area contributed by atoms with Gasteiger partial charge < -0.3 is 5.32 Å². The highest BCUT2D eigenvalue weighted by atomic mass is 32.1. The molecule has 0 unspecified atom stereocenters. The van der Waals surface area contributed by atoms with Crippen LogP contribution in [0, 0.1) is 5.92 Å². The largest absolute Gasteiger partial charge is 0.320 e. The first-order valence-corrected chi connectivity index (χ1v) is 7.66. The summed E-state index contributed by atoms with van der Waals surface area (Å²) in [6.07, 6.45) is 10.5. The second kappa shape index (κ2) is 7.07. The van der Waals surface area contributed by atoms with Gasteiger partial charge in [0.25, 0.3) is 0 Å². The highest BCUT2D eigenvalue weighted by molar-refractivity contribution is 7.11. The predicted molar refractivity (Wildman–Crippen MR) is 72.4 cm³/mol. The fourth-order valence-electron chi connectivity index (χ4n) is 2.53. The summed E-state index contributed by atoms with van der Waals surface area (Å²) in [6, 6.07) is 0. The van der Waals surface area contributed by atoms with E-state index >= 15 is 0 Å². The summed E-state index contributed by atoms with van der Waals surface area (Å²) in [4.78, 5) is 0. The second-order valence-corrected chi connectivity index (χ2v) is 6.13. The first kappa shape index (κ1) is 13.0.